The zero-order chi connectivity index (χ0) is 21.3. The highest BCUT2D eigenvalue weighted by molar-refractivity contribution is 5.78. The predicted molar refractivity (Wildman–Crippen MR) is 108 cm³/mol. The number of imidazole rings is 1. The highest BCUT2D eigenvalue weighted by Crippen LogP contribution is 2.12. The van der Waals surface area contributed by atoms with Crippen molar-refractivity contribution in [3.63, 3.8) is 0 Å². The molecule has 2 N–H and O–H groups in total. The highest BCUT2D eigenvalue weighted by Gasteiger charge is 2.27. The van der Waals surface area contributed by atoms with Crippen LogP contribution < -0.4 is 16.6 Å². The number of piperidine rings is 1. The van der Waals surface area contributed by atoms with Gasteiger partial charge in [0.15, 0.2) is 11.2 Å². The Morgan fingerprint density at radius 3 is 2.66 bits per heavy atom. The maximum absolute atomic E-state index is 12.5. The number of hydrogen-bond donors (Lipinski definition) is 2. The molecule has 1 saturated heterocycles. The van der Waals surface area contributed by atoms with Gasteiger partial charge in [0.25, 0.3) is 5.56 Å². The minimum atomic E-state index is -0.526. The smallest absolute Gasteiger partial charge is 0.332 e. The second kappa shape index (κ2) is 8.47. The molecule has 0 saturated carbocycles. The lowest BCUT2D eigenvalue weighted by Crippen LogP contribution is -2.54. The second-order valence-electron chi connectivity index (χ2n) is 7.97. The highest BCUT2D eigenvalue weighted by atomic mass is 16.3. The molecule has 3 heterocycles. The quantitative estimate of drug-likeness (QED) is 0.546. The van der Waals surface area contributed by atoms with Crippen molar-refractivity contribution < 1.29 is 9.90 Å². The molecule has 0 unspecified atom stereocenters. The van der Waals surface area contributed by atoms with Crippen LogP contribution in [0.5, 0.6) is 0 Å². The van der Waals surface area contributed by atoms with E-state index in [1.165, 1.54) is 11.6 Å². The van der Waals surface area contributed by atoms with E-state index in [1.807, 2.05) is 14.1 Å². The first-order valence-corrected chi connectivity index (χ1v) is 9.62. The summed E-state index contributed by atoms with van der Waals surface area (Å²) < 4.78 is 4.16. The van der Waals surface area contributed by atoms with Gasteiger partial charge in [-0.3, -0.25) is 23.6 Å². The third-order valence-corrected chi connectivity index (χ3v) is 5.20. The molecule has 1 fully saturated rings. The molecule has 11 heteroatoms. The number of aliphatic hydroxyl groups is 1. The standard InChI is InChI=1S/C18H29N7O4/c1-21(2)10-14(27)20-12-7-13(26)9-24(8-12)5-6-25-11-19-16-15(25)17(28)23(4)18(29)22(16)3/h11-13,26H,5-10H2,1-4H3,(H,20,27)/t12-,13+/m0/s1. The van der Waals surface area contributed by atoms with Crippen LogP contribution in [0.1, 0.15) is 6.42 Å². The summed E-state index contributed by atoms with van der Waals surface area (Å²) >= 11 is 0. The summed E-state index contributed by atoms with van der Waals surface area (Å²) in [7, 11) is 6.70. The molecule has 2 aromatic rings. The Morgan fingerprint density at radius 2 is 1.97 bits per heavy atom. The Kier molecular flexibility index (Phi) is 6.20. The SMILES string of the molecule is CN(C)CC(=O)N[C@H]1C[C@@H](O)CN(CCn2cnc3c2c(=O)n(C)c(=O)n3C)C1. The molecule has 0 aromatic carbocycles. The summed E-state index contributed by atoms with van der Waals surface area (Å²) in [4.78, 5) is 44.7. The minimum absolute atomic E-state index is 0.0703. The number of carbonyl (C=O) groups is 1. The van der Waals surface area contributed by atoms with Crippen LogP contribution in [-0.4, -0.2) is 91.9 Å². The van der Waals surface area contributed by atoms with Gasteiger partial charge in [0.1, 0.15) is 0 Å². The predicted octanol–water partition coefficient (Wildman–Crippen LogP) is -2.45. The first kappa shape index (κ1) is 21.2. The van der Waals surface area contributed by atoms with Crippen molar-refractivity contribution in [3.8, 4) is 0 Å². The van der Waals surface area contributed by atoms with Crippen LogP contribution in [0.2, 0.25) is 0 Å². The van der Waals surface area contributed by atoms with Gasteiger partial charge in [0, 0.05) is 46.3 Å². The fourth-order valence-electron chi connectivity index (χ4n) is 3.83. The van der Waals surface area contributed by atoms with Gasteiger partial charge < -0.3 is 19.9 Å². The molecule has 3 rings (SSSR count). The number of aliphatic hydroxyl groups excluding tert-OH is 1. The number of nitrogens with one attached hydrogen (secondary N) is 1. The molecule has 0 bridgehead atoms. The maximum atomic E-state index is 12.5. The summed E-state index contributed by atoms with van der Waals surface area (Å²) in [6, 6.07) is -0.126. The van der Waals surface area contributed by atoms with Crippen molar-refractivity contribution in [2.24, 2.45) is 14.1 Å². The first-order valence-electron chi connectivity index (χ1n) is 9.62. The molecule has 0 aliphatic carbocycles. The first-order chi connectivity index (χ1) is 13.7. The van der Waals surface area contributed by atoms with Crippen LogP contribution in [-0.2, 0) is 25.4 Å². The molecule has 1 aliphatic rings. The van der Waals surface area contributed by atoms with Crippen molar-refractivity contribution in [1.29, 1.82) is 0 Å². The van der Waals surface area contributed by atoms with E-state index >= 15 is 0 Å². The molecular weight excluding hydrogens is 378 g/mol. The average Bonchev–Trinajstić information content (AvgIpc) is 3.06. The van der Waals surface area contributed by atoms with Crippen LogP contribution in [0.15, 0.2) is 15.9 Å². The van der Waals surface area contributed by atoms with E-state index in [1.54, 1.807) is 22.8 Å². The molecule has 1 amide bonds. The summed E-state index contributed by atoms with van der Waals surface area (Å²) in [5.74, 6) is -0.0703. The lowest BCUT2D eigenvalue weighted by atomic mass is 10.0. The number of aryl methyl sites for hydroxylation is 1. The van der Waals surface area contributed by atoms with Gasteiger partial charge in [-0.2, -0.15) is 0 Å². The number of hydrogen-bond acceptors (Lipinski definition) is 7. The molecule has 29 heavy (non-hydrogen) atoms. The average molecular weight is 407 g/mol. The van der Waals surface area contributed by atoms with Gasteiger partial charge in [-0.25, -0.2) is 9.78 Å². The van der Waals surface area contributed by atoms with Crippen molar-refractivity contribution in [2.45, 2.75) is 25.1 Å². The Labute approximate surface area is 168 Å². The third kappa shape index (κ3) is 4.57. The van der Waals surface area contributed by atoms with Crippen LogP contribution in [0.4, 0.5) is 0 Å². The largest absolute Gasteiger partial charge is 0.392 e. The van der Waals surface area contributed by atoms with Gasteiger partial charge in [-0.05, 0) is 20.5 Å². The zero-order valence-corrected chi connectivity index (χ0v) is 17.3. The monoisotopic (exact) mass is 407 g/mol. The van der Waals surface area contributed by atoms with Crippen molar-refractivity contribution in [3.05, 3.63) is 27.2 Å². The van der Waals surface area contributed by atoms with Gasteiger partial charge >= 0.3 is 5.69 Å². The molecule has 1 aliphatic heterocycles. The fourth-order valence-corrected chi connectivity index (χ4v) is 3.83. The van der Waals surface area contributed by atoms with Crippen LogP contribution in [0, 0.1) is 0 Å². The molecule has 0 spiro atoms. The Hall–Kier alpha value is -2.50. The maximum Gasteiger partial charge on any atom is 0.332 e. The van der Waals surface area contributed by atoms with E-state index < -0.39 is 11.8 Å². The van der Waals surface area contributed by atoms with Crippen LogP contribution in [0.25, 0.3) is 11.2 Å². The molecule has 2 aromatic heterocycles. The lowest BCUT2D eigenvalue weighted by Gasteiger charge is -2.36. The van der Waals surface area contributed by atoms with E-state index in [-0.39, 0.29) is 17.5 Å². The van der Waals surface area contributed by atoms with Crippen LogP contribution >= 0.6 is 0 Å². The number of carbonyl (C=O) groups excluding carboxylic acids is 1. The minimum Gasteiger partial charge on any atom is -0.392 e. The van der Waals surface area contributed by atoms with Gasteiger partial charge in [-0.15, -0.1) is 0 Å². The van der Waals surface area contributed by atoms with Crippen LogP contribution in [0.3, 0.4) is 0 Å². The second-order valence-corrected chi connectivity index (χ2v) is 7.97. The molecule has 2 atom stereocenters. The Balaban J connectivity index is 1.70. The van der Waals surface area contributed by atoms with Crippen molar-refractivity contribution in [2.75, 3.05) is 40.3 Å². The number of amides is 1. The van der Waals surface area contributed by atoms with Gasteiger partial charge in [0.05, 0.1) is 19.0 Å². The van der Waals surface area contributed by atoms with E-state index in [0.29, 0.717) is 50.3 Å². The Bertz CT molecular complexity index is 1010. The summed E-state index contributed by atoms with van der Waals surface area (Å²) in [6.45, 7) is 2.49. The summed E-state index contributed by atoms with van der Waals surface area (Å²) in [5.41, 5.74) is -0.0649. The molecular formula is C18H29N7O4. The van der Waals surface area contributed by atoms with Crippen molar-refractivity contribution in [1.82, 2.24) is 33.8 Å². The number of β-amino-alcohol motifs (C(OH)–C–C–N with tert-alkyl or cyclic N) is 1. The lowest BCUT2D eigenvalue weighted by molar-refractivity contribution is -0.123. The van der Waals surface area contributed by atoms with E-state index in [0.717, 1.165) is 4.57 Å². The number of rotatable bonds is 6. The number of likely N-dealkylation sites (N-methyl/N-ethyl adjacent to an activating group) is 1. The number of nitrogens with zero attached hydrogens (tertiary/aromatic N) is 6. The molecule has 11 nitrogen and oxygen atoms in total. The normalized spacial score (nSPS) is 20.5. The number of fused-ring (bicyclic) bond motifs is 1. The number of aromatic nitrogens is 4. The third-order valence-electron chi connectivity index (χ3n) is 5.20. The molecule has 0 radical (unpaired) electrons. The van der Waals surface area contributed by atoms with E-state index in [4.69, 9.17) is 0 Å². The van der Waals surface area contributed by atoms with Gasteiger partial charge in [0.2, 0.25) is 5.91 Å². The zero-order valence-electron chi connectivity index (χ0n) is 17.3. The van der Waals surface area contributed by atoms with E-state index in [2.05, 4.69) is 15.2 Å². The number of likely N-dealkylation sites (tertiary alicyclic amines) is 1. The van der Waals surface area contributed by atoms with E-state index in [9.17, 15) is 19.5 Å². The Morgan fingerprint density at radius 1 is 1.24 bits per heavy atom. The fraction of sp³-hybridized carbons (Fsp3) is 0.667. The topological polar surface area (TPSA) is 118 Å². The summed E-state index contributed by atoms with van der Waals surface area (Å²) in [5, 5.41) is 13.2. The molecule has 160 valence electrons. The van der Waals surface area contributed by atoms with Gasteiger partial charge in [-0.1, -0.05) is 0 Å². The van der Waals surface area contributed by atoms with Crippen molar-refractivity contribution >= 4 is 17.1 Å². The summed E-state index contributed by atoms with van der Waals surface area (Å²) in [6.07, 6.45) is 1.55.